The normalized spacial score (nSPS) is 19.4. The van der Waals surface area contributed by atoms with Crippen LogP contribution >= 0.6 is 0 Å². The fourth-order valence-electron chi connectivity index (χ4n) is 2.34. The van der Waals surface area contributed by atoms with Crippen LogP contribution in [0.4, 0.5) is 4.39 Å². The molecule has 1 aromatic rings. The monoisotopic (exact) mass is 252 g/mol. The van der Waals surface area contributed by atoms with Gasteiger partial charge in [0.2, 0.25) is 0 Å². The summed E-state index contributed by atoms with van der Waals surface area (Å²) in [5.74, 6) is -0.136. The quantitative estimate of drug-likeness (QED) is 0.884. The second-order valence-electron chi connectivity index (χ2n) is 4.63. The lowest BCUT2D eigenvalue weighted by molar-refractivity contribution is 0.139. The van der Waals surface area contributed by atoms with Crippen molar-refractivity contribution < 1.29 is 9.13 Å². The van der Waals surface area contributed by atoms with Crippen LogP contribution < -0.4 is 5.32 Å². The van der Waals surface area contributed by atoms with Gasteiger partial charge < -0.3 is 10.1 Å². The lowest BCUT2D eigenvalue weighted by Gasteiger charge is -2.26. The maximum atomic E-state index is 13.8. The molecule has 1 aliphatic heterocycles. The lowest BCUT2D eigenvalue weighted by Crippen LogP contribution is -2.35. The Morgan fingerprint density at radius 1 is 1.33 bits per heavy atom. The summed E-state index contributed by atoms with van der Waals surface area (Å²) in [6.45, 7) is 4.37. The molecule has 4 heteroatoms. The minimum Gasteiger partial charge on any atom is -0.380 e. The molecule has 0 aliphatic carbocycles. The van der Waals surface area contributed by atoms with Gasteiger partial charge in [0.05, 0.1) is 6.61 Å². The van der Waals surface area contributed by atoms with Gasteiger partial charge in [-0.3, -0.25) is 4.90 Å². The van der Waals surface area contributed by atoms with Crippen LogP contribution in [0, 0.1) is 5.82 Å². The molecule has 0 radical (unpaired) electrons. The van der Waals surface area contributed by atoms with Crippen molar-refractivity contribution in [1.82, 2.24) is 10.2 Å². The Morgan fingerprint density at radius 2 is 2.17 bits per heavy atom. The first-order valence-corrected chi connectivity index (χ1v) is 6.53. The summed E-state index contributed by atoms with van der Waals surface area (Å²) in [6.07, 6.45) is 1.05. The molecule has 0 amide bonds. The molecule has 1 fully saturated rings. The first kappa shape index (κ1) is 13.5. The molecule has 1 unspecified atom stereocenters. The predicted octanol–water partition coefficient (Wildman–Crippen LogP) is 1.81. The fraction of sp³-hybridized carbons (Fsp3) is 0.571. The van der Waals surface area contributed by atoms with Gasteiger partial charge >= 0.3 is 0 Å². The minimum atomic E-state index is -0.136. The van der Waals surface area contributed by atoms with E-state index in [1.807, 2.05) is 19.2 Å². The second kappa shape index (κ2) is 6.83. The topological polar surface area (TPSA) is 24.5 Å². The summed E-state index contributed by atoms with van der Waals surface area (Å²) < 4.78 is 19.2. The molecule has 1 N–H and O–H groups in total. The Labute approximate surface area is 108 Å². The average molecular weight is 252 g/mol. The van der Waals surface area contributed by atoms with Crippen LogP contribution in [0.5, 0.6) is 0 Å². The van der Waals surface area contributed by atoms with Crippen LogP contribution in [0.3, 0.4) is 0 Å². The lowest BCUT2D eigenvalue weighted by atomic mass is 10.1. The highest BCUT2D eigenvalue weighted by Gasteiger charge is 2.18. The molecule has 1 heterocycles. The van der Waals surface area contributed by atoms with E-state index in [-0.39, 0.29) is 11.9 Å². The average Bonchev–Trinajstić information content (AvgIpc) is 2.65. The molecule has 18 heavy (non-hydrogen) atoms. The number of likely N-dealkylation sites (N-methyl/N-ethyl adjacent to an activating group) is 1. The van der Waals surface area contributed by atoms with E-state index >= 15 is 0 Å². The Bertz CT molecular complexity index is 365. The summed E-state index contributed by atoms with van der Waals surface area (Å²) in [7, 11) is 1.88. The minimum absolute atomic E-state index is 0.0318. The molecule has 1 saturated heterocycles. The van der Waals surface area contributed by atoms with E-state index in [0.29, 0.717) is 0 Å². The Morgan fingerprint density at radius 3 is 2.94 bits per heavy atom. The number of nitrogens with zero attached hydrogens (tertiary/aromatic N) is 1. The van der Waals surface area contributed by atoms with Gasteiger partial charge in [0.1, 0.15) is 5.82 Å². The van der Waals surface area contributed by atoms with E-state index in [4.69, 9.17) is 4.74 Å². The Hall–Kier alpha value is -0.970. The van der Waals surface area contributed by atoms with Crippen LogP contribution in [0.2, 0.25) is 0 Å². The number of rotatable bonds is 4. The molecule has 3 nitrogen and oxygen atoms in total. The van der Waals surface area contributed by atoms with Crippen molar-refractivity contribution >= 4 is 0 Å². The molecule has 0 spiro atoms. The van der Waals surface area contributed by atoms with E-state index in [0.717, 1.165) is 44.8 Å². The number of hydrogen-bond donors (Lipinski definition) is 1. The molecule has 100 valence electrons. The van der Waals surface area contributed by atoms with E-state index in [1.54, 1.807) is 6.07 Å². The van der Waals surface area contributed by atoms with Crippen molar-refractivity contribution in [2.24, 2.45) is 0 Å². The zero-order valence-corrected chi connectivity index (χ0v) is 10.9. The number of benzene rings is 1. The molecule has 2 rings (SSSR count). The fourth-order valence-corrected chi connectivity index (χ4v) is 2.34. The Balaban J connectivity index is 2.02. The first-order chi connectivity index (χ1) is 8.81. The highest BCUT2D eigenvalue weighted by molar-refractivity contribution is 5.21. The summed E-state index contributed by atoms with van der Waals surface area (Å²) in [4.78, 5) is 2.33. The summed E-state index contributed by atoms with van der Waals surface area (Å²) in [5, 5.41) is 3.20. The van der Waals surface area contributed by atoms with Gasteiger partial charge in [-0.1, -0.05) is 18.2 Å². The van der Waals surface area contributed by atoms with Gasteiger partial charge in [-0.25, -0.2) is 4.39 Å². The number of nitrogens with one attached hydrogen (secondary N) is 1. The van der Waals surface area contributed by atoms with Crippen molar-refractivity contribution in [2.45, 2.75) is 12.5 Å². The SMILES string of the molecule is CNC(CN1CCCOCC1)c1ccccc1F. The van der Waals surface area contributed by atoms with Crippen LogP contribution in [0.25, 0.3) is 0 Å². The number of hydrogen-bond acceptors (Lipinski definition) is 3. The van der Waals surface area contributed by atoms with Crippen molar-refractivity contribution in [2.75, 3.05) is 39.9 Å². The molecule has 0 aromatic heterocycles. The van der Waals surface area contributed by atoms with Gasteiger partial charge in [-0.05, 0) is 19.5 Å². The van der Waals surface area contributed by atoms with Crippen LogP contribution in [-0.4, -0.2) is 44.8 Å². The van der Waals surface area contributed by atoms with Gasteiger partial charge in [-0.15, -0.1) is 0 Å². The highest BCUT2D eigenvalue weighted by atomic mass is 19.1. The first-order valence-electron chi connectivity index (χ1n) is 6.53. The third-order valence-corrected chi connectivity index (χ3v) is 3.38. The molecular formula is C14H21FN2O. The van der Waals surface area contributed by atoms with Gasteiger partial charge in [0, 0.05) is 37.8 Å². The molecule has 1 atom stereocenters. The number of halogens is 1. The standard InChI is InChI=1S/C14H21FN2O/c1-16-14(12-5-2-3-6-13(12)15)11-17-7-4-9-18-10-8-17/h2-3,5-6,14,16H,4,7-11H2,1H3. The molecule has 0 bridgehead atoms. The predicted molar refractivity (Wildman–Crippen MR) is 70.1 cm³/mol. The van der Waals surface area contributed by atoms with E-state index < -0.39 is 0 Å². The van der Waals surface area contributed by atoms with Crippen molar-refractivity contribution in [1.29, 1.82) is 0 Å². The van der Waals surface area contributed by atoms with Crippen LogP contribution in [0.1, 0.15) is 18.0 Å². The van der Waals surface area contributed by atoms with E-state index in [1.165, 1.54) is 6.07 Å². The second-order valence-corrected chi connectivity index (χ2v) is 4.63. The van der Waals surface area contributed by atoms with Gasteiger partial charge in [0.25, 0.3) is 0 Å². The van der Waals surface area contributed by atoms with Crippen LogP contribution in [0.15, 0.2) is 24.3 Å². The van der Waals surface area contributed by atoms with Crippen LogP contribution in [-0.2, 0) is 4.74 Å². The summed E-state index contributed by atoms with van der Waals surface area (Å²) >= 11 is 0. The van der Waals surface area contributed by atoms with Crippen molar-refractivity contribution in [3.8, 4) is 0 Å². The van der Waals surface area contributed by atoms with Crippen molar-refractivity contribution in [3.05, 3.63) is 35.6 Å². The summed E-state index contributed by atoms with van der Waals surface area (Å²) in [5.41, 5.74) is 0.741. The van der Waals surface area contributed by atoms with Gasteiger partial charge in [-0.2, -0.15) is 0 Å². The molecule has 1 aromatic carbocycles. The van der Waals surface area contributed by atoms with Crippen molar-refractivity contribution in [3.63, 3.8) is 0 Å². The molecule has 1 aliphatic rings. The largest absolute Gasteiger partial charge is 0.380 e. The third kappa shape index (κ3) is 3.51. The van der Waals surface area contributed by atoms with E-state index in [9.17, 15) is 4.39 Å². The molecule has 0 saturated carbocycles. The zero-order chi connectivity index (χ0) is 12.8. The maximum Gasteiger partial charge on any atom is 0.128 e. The summed E-state index contributed by atoms with van der Waals surface area (Å²) in [6, 6.07) is 7.01. The molecular weight excluding hydrogens is 231 g/mol. The number of ether oxygens (including phenoxy) is 1. The highest BCUT2D eigenvalue weighted by Crippen LogP contribution is 2.18. The van der Waals surface area contributed by atoms with E-state index in [2.05, 4.69) is 10.2 Å². The zero-order valence-electron chi connectivity index (χ0n) is 10.9. The third-order valence-electron chi connectivity index (χ3n) is 3.38. The smallest absolute Gasteiger partial charge is 0.128 e. The van der Waals surface area contributed by atoms with Gasteiger partial charge in [0.15, 0.2) is 0 Å². The maximum absolute atomic E-state index is 13.8. The Kier molecular flexibility index (Phi) is 5.11.